The van der Waals surface area contributed by atoms with Crippen LogP contribution in [0.4, 0.5) is 0 Å². The lowest BCUT2D eigenvalue weighted by atomic mass is 9.76. The lowest BCUT2D eigenvalue weighted by Crippen LogP contribution is -2.34. The Kier molecular flexibility index (Phi) is 6.27. The predicted octanol–water partition coefficient (Wildman–Crippen LogP) is 3.39. The van der Waals surface area contributed by atoms with Gasteiger partial charge in [0.1, 0.15) is 0 Å². The number of nitrogens with two attached hydrogens (primary N) is 2. The van der Waals surface area contributed by atoms with E-state index >= 15 is 0 Å². The number of rotatable bonds is 4. The molecule has 0 fully saturated rings. The standard InChI is InChI=1S/C19H21ClN2O.ClH/c20-15-3-1-2-12(8-15)10-17-16-9-13(11-19(22)23)4-5-14(16)6-7-18(17)21;/h1-5,8-9,17-18H,6-7,10-11,21H2,(H2,22,23);1H. The topological polar surface area (TPSA) is 69.1 Å². The average molecular weight is 365 g/mol. The Bertz CT molecular complexity index is 733. The average Bonchev–Trinajstić information content (AvgIpc) is 2.50. The van der Waals surface area contributed by atoms with Crippen LogP contribution in [0, 0.1) is 0 Å². The quantitative estimate of drug-likeness (QED) is 0.872. The van der Waals surface area contributed by atoms with Gasteiger partial charge in [0.05, 0.1) is 6.42 Å². The number of carbonyl (C=O) groups excluding carboxylic acids is 1. The van der Waals surface area contributed by atoms with Crippen molar-refractivity contribution in [3.05, 3.63) is 69.7 Å². The molecule has 2 atom stereocenters. The normalized spacial score (nSPS) is 19.2. The Morgan fingerprint density at radius 1 is 1.17 bits per heavy atom. The molecule has 24 heavy (non-hydrogen) atoms. The Morgan fingerprint density at radius 3 is 2.67 bits per heavy atom. The highest BCUT2D eigenvalue weighted by Crippen LogP contribution is 2.34. The molecule has 2 unspecified atom stereocenters. The van der Waals surface area contributed by atoms with E-state index < -0.39 is 0 Å². The van der Waals surface area contributed by atoms with E-state index in [2.05, 4.69) is 18.2 Å². The molecule has 2 aromatic rings. The summed E-state index contributed by atoms with van der Waals surface area (Å²) >= 11 is 6.10. The molecule has 0 aliphatic heterocycles. The largest absolute Gasteiger partial charge is 0.369 e. The fourth-order valence-electron chi connectivity index (χ4n) is 3.46. The van der Waals surface area contributed by atoms with Crippen LogP contribution in [0.2, 0.25) is 5.02 Å². The number of hydrogen-bond acceptors (Lipinski definition) is 2. The molecule has 3 nitrogen and oxygen atoms in total. The number of hydrogen-bond donors (Lipinski definition) is 2. The van der Waals surface area contributed by atoms with Crippen molar-refractivity contribution >= 4 is 29.9 Å². The smallest absolute Gasteiger partial charge is 0.221 e. The van der Waals surface area contributed by atoms with Crippen molar-refractivity contribution in [2.75, 3.05) is 0 Å². The third-order valence-electron chi connectivity index (χ3n) is 4.60. The molecular weight excluding hydrogens is 343 g/mol. The number of fused-ring (bicyclic) bond motifs is 1. The fourth-order valence-corrected chi connectivity index (χ4v) is 3.67. The van der Waals surface area contributed by atoms with E-state index in [0.29, 0.717) is 0 Å². The maximum absolute atomic E-state index is 11.2. The van der Waals surface area contributed by atoms with E-state index in [4.69, 9.17) is 23.1 Å². The van der Waals surface area contributed by atoms with E-state index in [1.54, 1.807) is 0 Å². The minimum absolute atomic E-state index is 0. The van der Waals surface area contributed by atoms with Crippen LogP contribution in [0.1, 0.15) is 34.6 Å². The first-order valence-electron chi connectivity index (χ1n) is 7.93. The zero-order valence-electron chi connectivity index (χ0n) is 13.4. The molecule has 2 aromatic carbocycles. The van der Waals surface area contributed by atoms with Crippen molar-refractivity contribution in [3.63, 3.8) is 0 Å². The number of aryl methyl sites for hydroxylation is 1. The first kappa shape index (κ1) is 18.8. The van der Waals surface area contributed by atoms with Crippen LogP contribution < -0.4 is 11.5 Å². The molecule has 1 aliphatic rings. The van der Waals surface area contributed by atoms with Gasteiger partial charge in [-0.1, -0.05) is 41.9 Å². The van der Waals surface area contributed by atoms with E-state index in [1.165, 1.54) is 16.7 Å². The SMILES string of the molecule is Cl.NC(=O)Cc1ccc2c(c1)C(Cc1cccc(Cl)c1)C(N)CC2. The van der Waals surface area contributed by atoms with Gasteiger partial charge in [-0.3, -0.25) is 4.79 Å². The highest BCUT2D eigenvalue weighted by Gasteiger charge is 2.27. The summed E-state index contributed by atoms with van der Waals surface area (Å²) < 4.78 is 0. The minimum Gasteiger partial charge on any atom is -0.369 e. The first-order chi connectivity index (χ1) is 11.0. The van der Waals surface area contributed by atoms with Gasteiger partial charge in [0.25, 0.3) is 0 Å². The van der Waals surface area contributed by atoms with Crippen LogP contribution in [-0.4, -0.2) is 11.9 Å². The van der Waals surface area contributed by atoms with E-state index in [-0.39, 0.29) is 36.7 Å². The van der Waals surface area contributed by atoms with Crippen LogP contribution >= 0.6 is 24.0 Å². The van der Waals surface area contributed by atoms with Crippen LogP contribution in [0.15, 0.2) is 42.5 Å². The van der Waals surface area contributed by atoms with Crippen molar-refractivity contribution in [2.24, 2.45) is 11.5 Å². The van der Waals surface area contributed by atoms with Crippen LogP contribution in [0.5, 0.6) is 0 Å². The monoisotopic (exact) mass is 364 g/mol. The number of primary amides is 1. The van der Waals surface area contributed by atoms with Crippen molar-refractivity contribution < 1.29 is 4.79 Å². The second kappa shape index (κ2) is 8.02. The lowest BCUT2D eigenvalue weighted by Gasteiger charge is -2.32. The summed E-state index contributed by atoms with van der Waals surface area (Å²) in [5.74, 6) is -0.0681. The minimum atomic E-state index is -0.309. The summed E-state index contributed by atoms with van der Waals surface area (Å²) in [6, 6.07) is 14.3. The number of benzene rings is 2. The first-order valence-corrected chi connectivity index (χ1v) is 8.31. The number of carbonyl (C=O) groups is 1. The molecule has 4 N–H and O–H groups in total. The molecule has 0 radical (unpaired) electrons. The van der Waals surface area contributed by atoms with Crippen molar-refractivity contribution in [1.29, 1.82) is 0 Å². The highest BCUT2D eigenvalue weighted by molar-refractivity contribution is 6.30. The van der Waals surface area contributed by atoms with Gasteiger partial charge < -0.3 is 11.5 Å². The van der Waals surface area contributed by atoms with Gasteiger partial charge in [-0.05, 0) is 53.6 Å². The number of amides is 1. The van der Waals surface area contributed by atoms with Crippen LogP contribution in [-0.2, 0) is 24.1 Å². The molecule has 0 spiro atoms. The Balaban J connectivity index is 0.00000208. The molecular formula is C19H22Cl2N2O. The molecule has 1 aliphatic carbocycles. The van der Waals surface area contributed by atoms with E-state index in [9.17, 15) is 4.79 Å². The summed E-state index contributed by atoms with van der Waals surface area (Å²) in [5, 5.41) is 0.745. The zero-order chi connectivity index (χ0) is 16.4. The maximum atomic E-state index is 11.2. The Morgan fingerprint density at radius 2 is 1.96 bits per heavy atom. The Labute approximate surface area is 153 Å². The molecule has 128 valence electrons. The number of halogens is 2. The van der Waals surface area contributed by atoms with Crippen LogP contribution in [0.25, 0.3) is 0 Å². The van der Waals surface area contributed by atoms with Crippen molar-refractivity contribution in [3.8, 4) is 0 Å². The van der Waals surface area contributed by atoms with Gasteiger partial charge in [0.15, 0.2) is 0 Å². The van der Waals surface area contributed by atoms with E-state index in [1.807, 2.05) is 24.3 Å². The summed E-state index contributed by atoms with van der Waals surface area (Å²) in [5.41, 5.74) is 16.5. The molecule has 0 saturated heterocycles. The van der Waals surface area contributed by atoms with E-state index in [0.717, 1.165) is 29.8 Å². The van der Waals surface area contributed by atoms with Gasteiger partial charge in [-0.2, -0.15) is 0 Å². The molecule has 0 saturated carbocycles. The van der Waals surface area contributed by atoms with Gasteiger partial charge in [-0.15, -0.1) is 12.4 Å². The molecule has 0 aromatic heterocycles. The third-order valence-corrected chi connectivity index (χ3v) is 4.83. The summed E-state index contributed by atoms with van der Waals surface area (Å²) in [4.78, 5) is 11.2. The lowest BCUT2D eigenvalue weighted by molar-refractivity contribution is -0.117. The fraction of sp³-hybridized carbons (Fsp3) is 0.316. The Hall–Kier alpha value is -1.55. The molecule has 3 rings (SSSR count). The summed E-state index contributed by atoms with van der Waals surface area (Å²) in [7, 11) is 0. The molecule has 0 heterocycles. The molecule has 1 amide bonds. The second-order valence-corrected chi connectivity index (χ2v) is 6.76. The summed E-state index contributed by atoms with van der Waals surface area (Å²) in [6.45, 7) is 0. The predicted molar refractivity (Wildman–Crippen MR) is 101 cm³/mol. The van der Waals surface area contributed by atoms with Gasteiger partial charge in [0, 0.05) is 17.0 Å². The maximum Gasteiger partial charge on any atom is 0.221 e. The molecule has 0 bridgehead atoms. The van der Waals surface area contributed by atoms with Gasteiger partial charge in [-0.25, -0.2) is 0 Å². The zero-order valence-corrected chi connectivity index (χ0v) is 14.9. The van der Waals surface area contributed by atoms with Crippen LogP contribution in [0.3, 0.4) is 0 Å². The highest BCUT2D eigenvalue weighted by atomic mass is 35.5. The third kappa shape index (κ3) is 4.29. The van der Waals surface area contributed by atoms with Gasteiger partial charge >= 0.3 is 0 Å². The summed E-state index contributed by atoms with van der Waals surface area (Å²) in [6.07, 6.45) is 3.09. The molecule has 5 heteroatoms. The second-order valence-electron chi connectivity index (χ2n) is 6.32. The van der Waals surface area contributed by atoms with Crippen molar-refractivity contribution in [2.45, 2.75) is 37.6 Å². The van der Waals surface area contributed by atoms with Crippen molar-refractivity contribution in [1.82, 2.24) is 0 Å². The van der Waals surface area contributed by atoms with Gasteiger partial charge in [0.2, 0.25) is 5.91 Å².